The van der Waals surface area contributed by atoms with Crippen molar-refractivity contribution >= 4 is 5.78 Å². The maximum Gasteiger partial charge on any atom is 0.217 e. The van der Waals surface area contributed by atoms with Crippen LogP contribution in [0.2, 0.25) is 0 Å². The monoisotopic (exact) mass is 470 g/mol. The van der Waals surface area contributed by atoms with E-state index in [0.717, 1.165) is 41.6 Å². The largest absolute Gasteiger partial charge is 0.290 e. The van der Waals surface area contributed by atoms with Crippen molar-refractivity contribution in [2.24, 2.45) is 11.8 Å². The van der Waals surface area contributed by atoms with Crippen molar-refractivity contribution in [3.63, 3.8) is 0 Å². The van der Waals surface area contributed by atoms with E-state index in [2.05, 4.69) is 47.7 Å². The number of H-pyrrole nitrogens is 2. The van der Waals surface area contributed by atoms with Gasteiger partial charge in [-0.1, -0.05) is 63.3 Å². The Balaban J connectivity index is 1.25. The number of rotatable bonds is 9. The normalized spacial score (nSPS) is 18.0. The minimum Gasteiger partial charge on any atom is -0.290 e. The number of pyridine rings is 1. The molecular weight excluding hydrogens is 440 g/mol. The van der Waals surface area contributed by atoms with Crippen molar-refractivity contribution in [3.05, 3.63) is 59.8 Å². The van der Waals surface area contributed by atoms with E-state index in [4.69, 9.17) is 0 Å². The van der Waals surface area contributed by atoms with E-state index >= 15 is 0 Å². The molecule has 1 aliphatic carbocycles. The molecule has 0 bridgehead atoms. The van der Waals surface area contributed by atoms with E-state index in [1.54, 1.807) is 6.20 Å². The summed E-state index contributed by atoms with van der Waals surface area (Å²) in [6.07, 6.45) is 10.3. The first-order valence-electron chi connectivity index (χ1n) is 12.4. The molecule has 35 heavy (non-hydrogen) atoms. The number of Topliss-reactive ketones (excluding diaryl/α,β-unsaturated/α-hetero) is 1. The number of unbranched alkanes of at least 4 members (excludes halogenated alkanes) is 1. The molecule has 1 aromatic carbocycles. The highest BCUT2D eigenvalue weighted by Gasteiger charge is 2.29. The number of hydrogen-bond donors (Lipinski definition) is 2. The lowest BCUT2D eigenvalue weighted by molar-refractivity contribution is 0.0848. The average Bonchev–Trinajstić information content (AvgIpc) is 3.61. The molecule has 180 valence electrons. The van der Waals surface area contributed by atoms with Crippen LogP contribution < -0.4 is 0 Å². The third-order valence-electron chi connectivity index (χ3n) is 6.88. The van der Waals surface area contributed by atoms with Crippen LogP contribution in [0, 0.1) is 11.8 Å². The Bertz CT molecular complexity index is 1250. The summed E-state index contributed by atoms with van der Waals surface area (Å²) in [6, 6.07) is 11.9. The molecule has 9 heteroatoms. The molecule has 1 fully saturated rings. The molecule has 9 nitrogen and oxygen atoms in total. The van der Waals surface area contributed by atoms with E-state index in [0.29, 0.717) is 29.8 Å². The van der Waals surface area contributed by atoms with Crippen molar-refractivity contribution in [1.82, 2.24) is 40.8 Å². The number of tetrazole rings is 1. The molecule has 2 unspecified atom stereocenters. The summed E-state index contributed by atoms with van der Waals surface area (Å²) in [7, 11) is 0. The molecule has 1 saturated carbocycles. The Morgan fingerprint density at radius 1 is 1.11 bits per heavy atom. The predicted molar refractivity (Wildman–Crippen MR) is 131 cm³/mol. The van der Waals surface area contributed by atoms with Gasteiger partial charge in [0.2, 0.25) is 11.6 Å². The summed E-state index contributed by atoms with van der Waals surface area (Å²) in [6.45, 7) is 2.22. The lowest BCUT2D eigenvalue weighted by Crippen LogP contribution is -2.24. The van der Waals surface area contributed by atoms with E-state index in [1.807, 2.05) is 36.4 Å². The van der Waals surface area contributed by atoms with Crippen LogP contribution in [-0.4, -0.2) is 46.6 Å². The van der Waals surface area contributed by atoms with Crippen LogP contribution in [0.1, 0.15) is 73.9 Å². The molecule has 3 heterocycles. The molecule has 0 amide bonds. The molecule has 4 aromatic rings. The summed E-state index contributed by atoms with van der Waals surface area (Å²) < 4.78 is 0. The smallest absolute Gasteiger partial charge is 0.217 e. The van der Waals surface area contributed by atoms with Gasteiger partial charge >= 0.3 is 0 Å². The average molecular weight is 471 g/mol. The van der Waals surface area contributed by atoms with Crippen molar-refractivity contribution in [1.29, 1.82) is 0 Å². The van der Waals surface area contributed by atoms with E-state index in [-0.39, 0.29) is 11.7 Å². The highest BCUT2D eigenvalue weighted by Crippen LogP contribution is 2.34. The zero-order chi connectivity index (χ0) is 24.0. The second-order valence-corrected chi connectivity index (χ2v) is 9.36. The number of nitrogens with one attached hydrogen (secondary N) is 2. The number of nitrogens with zero attached hydrogens (tertiary/aromatic N) is 6. The van der Waals surface area contributed by atoms with Crippen LogP contribution in [0.4, 0.5) is 0 Å². The summed E-state index contributed by atoms with van der Waals surface area (Å²) in [5.74, 6) is 2.41. The maximum absolute atomic E-state index is 13.0. The number of carbonyl (C=O) groups is 1. The highest BCUT2D eigenvalue weighted by atomic mass is 16.1. The van der Waals surface area contributed by atoms with Crippen LogP contribution in [0.3, 0.4) is 0 Å². The summed E-state index contributed by atoms with van der Waals surface area (Å²) in [5.41, 5.74) is 3.67. The molecule has 0 saturated heterocycles. The summed E-state index contributed by atoms with van der Waals surface area (Å²) >= 11 is 0. The van der Waals surface area contributed by atoms with Gasteiger partial charge in [0.25, 0.3) is 0 Å². The molecule has 0 aliphatic heterocycles. The van der Waals surface area contributed by atoms with Gasteiger partial charge in [0.15, 0.2) is 5.82 Å². The lowest BCUT2D eigenvalue weighted by Gasteiger charge is -2.27. The van der Waals surface area contributed by atoms with Gasteiger partial charge in [-0.05, 0) is 46.9 Å². The fraction of sp³-hybridized carbons (Fsp3) is 0.423. The van der Waals surface area contributed by atoms with Crippen molar-refractivity contribution in [3.8, 4) is 22.6 Å². The number of benzene rings is 1. The predicted octanol–water partition coefficient (Wildman–Crippen LogP) is 4.82. The van der Waals surface area contributed by atoms with E-state index < -0.39 is 0 Å². The number of carbonyl (C=O) groups excluding carboxylic acids is 1. The quantitative estimate of drug-likeness (QED) is 0.336. The summed E-state index contributed by atoms with van der Waals surface area (Å²) in [5, 5.41) is 21.4. The fourth-order valence-electron chi connectivity index (χ4n) is 5.02. The number of aromatic amines is 2. The topological polar surface area (TPSA) is 126 Å². The highest BCUT2D eigenvalue weighted by molar-refractivity contribution is 5.94. The molecule has 2 N–H and O–H groups in total. The first kappa shape index (κ1) is 23.0. The SMILES string of the molecule is CCCCC1CCCC(C(=O)c2n[nH]c(Cc3ccc(-c4ncccc4-c4nnn[nH]4)cc3)n2)C1. The zero-order valence-corrected chi connectivity index (χ0v) is 19.9. The van der Waals surface area contributed by atoms with Crippen LogP contribution in [0.5, 0.6) is 0 Å². The minimum atomic E-state index is 0.0562. The second-order valence-electron chi connectivity index (χ2n) is 9.36. The van der Waals surface area contributed by atoms with Gasteiger partial charge in [0, 0.05) is 29.7 Å². The number of hydrogen-bond acceptors (Lipinski definition) is 7. The van der Waals surface area contributed by atoms with Crippen LogP contribution >= 0.6 is 0 Å². The van der Waals surface area contributed by atoms with E-state index in [1.165, 1.54) is 25.7 Å². The zero-order valence-electron chi connectivity index (χ0n) is 19.9. The minimum absolute atomic E-state index is 0.0562. The summed E-state index contributed by atoms with van der Waals surface area (Å²) in [4.78, 5) is 22.1. The van der Waals surface area contributed by atoms with Crippen LogP contribution in [0.25, 0.3) is 22.6 Å². The Morgan fingerprint density at radius 3 is 2.80 bits per heavy atom. The molecule has 3 aromatic heterocycles. The van der Waals surface area contributed by atoms with Gasteiger partial charge in [0.05, 0.1) is 5.69 Å². The van der Waals surface area contributed by atoms with Crippen molar-refractivity contribution in [2.75, 3.05) is 0 Å². The molecule has 0 radical (unpaired) electrons. The molecule has 2 atom stereocenters. The Morgan fingerprint density at radius 2 is 2.00 bits per heavy atom. The second kappa shape index (κ2) is 10.7. The van der Waals surface area contributed by atoms with Crippen LogP contribution in [-0.2, 0) is 6.42 Å². The third kappa shape index (κ3) is 5.34. The molecule has 0 spiro atoms. The van der Waals surface area contributed by atoms with E-state index in [9.17, 15) is 4.79 Å². The standard InChI is InChI=1S/C26H30N8O/c1-2-3-6-17-7-4-8-20(15-17)24(35)26-28-22(29-30-26)16-18-10-12-19(13-11-18)23-21(9-5-14-27-23)25-31-33-34-32-25/h5,9-14,17,20H,2-4,6-8,15-16H2,1H3,(H,28,29,30)(H,31,32,33,34). The molecule has 1 aliphatic rings. The van der Waals surface area contributed by atoms with Gasteiger partial charge in [-0.25, -0.2) is 10.1 Å². The molecule has 5 rings (SSSR count). The fourth-order valence-corrected chi connectivity index (χ4v) is 5.02. The first-order valence-corrected chi connectivity index (χ1v) is 12.4. The van der Waals surface area contributed by atoms with Gasteiger partial charge in [-0.2, -0.15) is 5.10 Å². The van der Waals surface area contributed by atoms with Crippen molar-refractivity contribution in [2.45, 2.75) is 58.3 Å². The first-order chi connectivity index (χ1) is 17.2. The van der Waals surface area contributed by atoms with Gasteiger partial charge < -0.3 is 0 Å². The van der Waals surface area contributed by atoms with Gasteiger partial charge in [-0.3, -0.25) is 14.9 Å². The van der Waals surface area contributed by atoms with Crippen molar-refractivity contribution < 1.29 is 4.79 Å². The van der Waals surface area contributed by atoms with Gasteiger partial charge in [0.1, 0.15) is 5.82 Å². The lowest BCUT2D eigenvalue weighted by atomic mass is 9.77. The maximum atomic E-state index is 13.0. The molecular formula is C26H30N8O. The Labute approximate surface area is 204 Å². The Hall–Kier alpha value is -3.75. The van der Waals surface area contributed by atoms with Gasteiger partial charge in [-0.15, -0.1) is 5.10 Å². The number of aromatic nitrogens is 8. The third-order valence-corrected chi connectivity index (χ3v) is 6.88. The Kier molecular flexibility index (Phi) is 7.02. The van der Waals surface area contributed by atoms with Crippen LogP contribution in [0.15, 0.2) is 42.6 Å². The number of ketones is 1.